The molecule has 1 aliphatic heterocycles. The van der Waals surface area contributed by atoms with E-state index in [1.165, 1.54) is 0 Å². The van der Waals surface area contributed by atoms with Crippen LogP contribution in [0.15, 0.2) is 30.6 Å². The molecule has 0 bridgehead atoms. The molecule has 2 atom stereocenters. The molecule has 1 fully saturated rings. The fraction of sp³-hybridized carbons (Fsp3) is 0.500. The predicted molar refractivity (Wildman–Crippen MR) is 114 cm³/mol. The molecule has 0 amide bonds. The largest absolute Gasteiger partial charge is 0.380 e. The maximum atomic E-state index is 5.51. The molecule has 9 heteroatoms. The minimum Gasteiger partial charge on any atom is -0.380 e. The van der Waals surface area contributed by atoms with Crippen molar-refractivity contribution in [2.45, 2.75) is 39.4 Å². The zero-order chi connectivity index (χ0) is 20.2. The highest BCUT2D eigenvalue weighted by molar-refractivity contribution is 5.88. The third-order valence-corrected chi connectivity index (χ3v) is 4.88. The van der Waals surface area contributed by atoms with Crippen molar-refractivity contribution in [3.8, 4) is 0 Å². The minimum atomic E-state index is 0.374. The number of pyridine rings is 1. The summed E-state index contributed by atoms with van der Waals surface area (Å²) in [6.45, 7) is 9.97. The average molecular weight is 396 g/mol. The Morgan fingerprint density at radius 1 is 1.21 bits per heavy atom. The minimum absolute atomic E-state index is 0.374. The Kier molecular flexibility index (Phi) is 5.86. The lowest BCUT2D eigenvalue weighted by atomic mass is 10.1. The number of hydrogen-bond donors (Lipinski definition) is 2. The average Bonchev–Trinajstić information content (AvgIpc) is 3.11. The molecular weight excluding hydrogens is 368 g/mol. The third-order valence-electron chi connectivity index (χ3n) is 4.88. The van der Waals surface area contributed by atoms with E-state index < -0.39 is 0 Å². The molecule has 0 saturated carbocycles. The molecule has 2 N–H and O–H groups in total. The van der Waals surface area contributed by atoms with Gasteiger partial charge in [-0.05, 0) is 32.9 Å². The molecule has 0 aromatic carbocycles. The molecule has 29 heavy (non-hydrogen) atoms. The van der Waals surface area contributed by atoms with Crippen LogP contribution < -0.4 is 15.5 Å². The number of anilines is 3. The van der Waals surface area contributed by atoms with Gasteiger partial charge in [0.25, 0.3) is 0 Å². The van der Waals surface area contributed by atoms with Crippen molar-refractivity contribution in [2.75, 3.05) is 36.5 Å². The lowest BCUT2D eigenvalue weighted by molar-refractivity contribution is 0.137. The molecule has 1 aliphatic rings. The number of ether oxygens (including phenoxy) is 1. The van der Waals surface area contributed by atoms with Crippen LogP contribution in [-0.2, 0) is 11.3 Å². The Morgan fingerprint density at radius 2 is 2.03 bits per heavy atom. The van der Waals surface area contributed by atoms with Crippen molar-refractivity contribution in [3.05, 3.63) is 30.6 Å². The van der Waals surface area contributed by atoms with E-state index in [2.05, 4.69) is 39.5 Å². The number of aromatic nitrogens is 5. The molecule has 0 spiro atoms. The molecule has 0 unspecified atom stereocenters. The molecule has 4 heterocycles. The molecular formula is C20H28N8O. The van der Waals surface area contributed by atoms with Crippen molar-refractivity contribution < 1.29 is 4.74 Å². The summed E-state index contributed by atoms with van der Waals surface area (Å²) in [5, 5.41) is 11.4. The molecule has 3 aromatic heterocycles. The number of nitrogens with one attached hydrogen (secondary N) is 2. The van der Waals surface area contributed by atoms with Gasteiger partial charge >= 0.3 is 0 Å². The van der Waals surface area contributed by atoms with Crippen LogP contribution in [-0.4, -0.2) is 63.1 Å². The van der Waals surface area contributed by atoms with Crippen molar-refractivity contribution in [3.63, 3.8) is 0 Å². The van der Waals surface area contributed by atoms with Gasteiger partial charge in [-0.3, -0.25) is 4.68 Å². The second-order valence-corrected chi connectivity index (χ2v) is 7.38. The predicted octanol–water partition coefficient (Wildman–Crippen LogP) is 2.19. The summed E-state index contributed by atoms with van der Waals surface area (Å²) in [5.41, 5.74) is 1.67. The first-order valence-electron chi connectivity index (χ1n) is 10.1. The summed E-state index contributed by atoms with van der Waals surface area (Å²) in [6.07, 6.45) is 3.55. The van der Waals surface area contributed by atoms with Crippen molar-refractivity contribution >= 4 is 28.6 Å². The van der Waals surface area contributed by atoms with E-state index in [4.69, 9.17) is 14.7 Å². The van der Waals surface area contributed by atoms with E-state index in [9.17, 15) is 0 Å². The molecule has 9 nitrogen and oxygen atoms in total. The fourth-order valence-electron chi connectivity index (χ4n) is 3.73. The Morgan fingerprint density at radius 3 is 2.76 bits per heavy atom. The Labute approximate surface area is 170 Å². The molecule has 4 rings (SSSR count). The lowest BCUT2D eigenvalue weighted by Crippen LogP contribution is -2.54. The second-order valence-electron chi connectivity index (χ2n) is 7.38. The van der Waals surface area contributed by atoms with E-state index in [1.807, 2.05) is 29.8 Å². The fourth-order valence-corrected chi connectivity index (χ4v) is 3.73. The van der Waals surface area contributed by atoms with Gasteiger partial charge in [-0.15, -0.1) is 0 Å². The van der Waals surface area contributed by atoms with E-state index in [0.717, 1.165) is 29.9 Å². The highest BCUT2D eigenvalue weighted by Gasteiger charge is 2.25. The number of nitrogens with zero attached hydrogens (tertiary/aromatic N) is 6. The maximum Gasteiger partial charge on any atom is 0.228 e. The number of fused-ring (bicyclic) bond motifs is 1. The first-order valence-corrected chi connectivity index (χ1v) is 10.1. The van der Waals surface area contributed by atoms with Crippen molar-refractivity contribution in [2.24, 2.45) is 0 Å². The molecule has 3 aromatic rings. The second kappa shape index (κ2) is 8.71. The third kappa shape index (κ3) is 4.46. The monoisotopic (exact) mass is 396 g/mol. The highest BCUT2D eigenvalue weighted by atomic mass is 16.5. The van der Waals surface area contributed by atoms with E-state index >= 15 is 0 Å². The van der Waals surface area contributed by atoms with Gasteiger partial charge in [0.1, 0.15) is 16.9 Å². The summed E-state index contributed by atoms with van der Waals surface area (Å²) < 4.78 is 7.40. The van der Waals surface area contributed by atoms with Crippen molar-refractivity contribution in [1.82, 2.24) is 30.0 Å². The summed E-state index contributed by atoms with van der Waals surface area (Å²) >= 11 is 0. The SMILES string of the molecule is CCOCCn1ncc2nc(N3C[C@@H](C)N[C@@H](C)C3)nc(Nc3ccccn3)c21. The summed E-state index contributed by atoms with van der Waals surface area (Å²) in [7, 11) is 0. The van der Waals surface area contributed by atoms with Gasteiger partial charge in [-0.2, -0.15) is 10.1 Å². The quantitative estimate of drug-likeness (QED) is 0.587. The smallest absolute Gasteiger partial charge is 0.228 e. The standard InChI is InChI=1S/C20H28N8O/c1-4-29-10-9-28-18-16(11-22-28)24-20(27-12-14(2)23-15(3)13-27)26-19(18)25-17-7-5-6-8-21-17/h5-8,11,14-15,23H,4,9-10,12-13H2,1-3H3,(H,21,24,25,26)/t14-,15+. The van der Waals surface area contributed by atoms with Gasteiger partial charge in [-0.25, -0.2) is 9.97 Å². The zero-order valence-corrected chi connectivity index (χ0v) is 17.2. The van der Waals surface area contributed by atoms with Gasteiger partial charge in [0, 0.05) is 38.0 Å². The van der Waals surface area contributed by atoms with Crippen LogP contribution in [0.5, 0.6) is 0 Å². The maximum absolute atomic E-state index is 5.51. The van der Waals surface area contributed by atoms with Gasteiger partial charge in [0.15, 0.2) is 5.82 Å². The van der Waals surface area contributed by atoms with E-state index in [-0.39, 0.29) is 0 Å². The lowest BCUT2D eigenvalue weighted by Gasteiger charge is -2.36. The van der Waals surface area contributed by atoms with Crippen LogP contribution in [0, 0.1) is 0 Å². The first kappa shape index (κ1) is 19.5. The first-order chi connectivity index (χ1) is 14.1. The molecule has 0 radical (unpaired) electrons. The van der Waals surface area contributed by atoms with E-state index in [1.54, 1.807) is 12.4 Å². The van der Waals surface area contributed by atoms with Crippen LogP contribution in [0.2, 0.25) is 0 Å². The van der Waals surface area contributed by atoms with Gasteiger partial charge < -0.3 is 20.3 Å². The van der Waals surface area contributed by atoms with Crippen LogP contribution in [0.3, 0.4) is 0 Å². The summed E-state index contributed by atoms with van der Waals surface area (Å²) in [5.74, 6) is 2.15. The van der Waals surface area contributed by atoms with Crippen LogP contribution in [0.25, 0.3) is 11.0 Å². The number of hydrogen-bond acceptors (Lipinski definition) is 8. The van der Waals surface area contributed by atoms with Gasteiger partial charge in [0.05, 0.1) is 19.3 Å². The normalized spacial score (nSPS) is 19.6. The molecule has 154 valence electrons. The number of rotatable bonds is 7. The van der Waals surface area contributed by atoms with Crippen LogP contribution >= 0.6 is 0 Å². The van der Waals surface area contributed by atoms with E-state index in [0.29, 0.717) is 43.6 Å². The molecule has 1 saturated heterocycles. The highest BCUT2D eigenvalue weighted by Crippen LogP contribution is 2.26. The van der Waals surface area contributed by atoms with Crippen LogP contribution in [0.1, 0.15) is 20.8 Å². The Balaban J connectivity index is 1.73. The topological polar surface area (TPSA) is 93.0 Å². The van der Waals surface area contributed by atoms with Gasteiger partial charge in [0.2, 0.25) is 5.95 Å². The Hall–Kier alpha value is -2.78. The summed E-state index contributed by atoms with van der Waals surface area (Å²) in [6, 6.07) is 6.50. The zero-order valence-electron chi connectivity index (χ0n) is 17.2. The summed E-state index contributed by atoms with van der Waals surface area (Å²) in [4.78, 5) is 16.3. The number of piperazine rings is 1. The van der Waals surface area contributed by atoms with Crippen LogP contribution in [0.4, 0.5) is 17.6 Å². The van der Waals surface area contributed by atoms with Crippen molar-refractivity contribution in [1.29, 1.82) is 0 Å². The van der Waals surface area contributed by atoms with Gasteiger partial charge in [-0.1, -0.05) is 6.07 Å². The Bertz CT molecular complexity index is 934. The molecule has 0 aliphatic carbocycles.